The van der Waals surface area contributed by atoms with Gasteiger partial charge in [0.1, 0.15) is 11.6 Å². The van der Waals surface area contributed by atoms with Crippen LogP contribution in [-0.4, -0.2) is 23.5 Å². The summed E-state index contributed by atoms with van der Waals surface area (Å²) in [5, 5.41) is 3.39. The molecule has 1 N–H and O–H groups in total. The van der Waals surface area contributed by atoms with Gasteiger partial charge in [0.05, 0.1) is 23.2 Å². The van der Waals surface area contributed by atoms with E-state index in [9.17, 15) is 14.0 Å². The summed E-state index contributed by atoms with van der Waals surface area (Å²) in [5.41, 5.74) is 1.11. The van der Waals surface area contributed by atoms with Gasteiger partial charge in [-0.25, -0.2) is 4.39 Å². The maximum absolute atomic E-state index is 13.6. The Morgan fingerprint density at radius 1 is 1.20 bits per heavy atom. The first-order valence-corrected chi connectivity index (χ1v) is 7.75. The highest BCUT2D eigenvalue weighted by atomic mass is 35.5. The second kappa shape index (κ2) is 6.57. The van der Waals surface area contributed by atoms with Crippen molar-refractivity contribution in [2.75, 3.05) is 12.4 Å². The van der Waals surface area contributed by atoms with Gasteiger partial charge in [0.15, 0.2) is 0 Å². The largest absolute Gasteiger partial charge is 0.495 e. The lowest BCUT2D eigenvalue weighted by atomic mass is 10.1. The molecule has 5 nitrogen and oxygen atoms in total. The molecule has 1 amide bonds. The van der Waals surface area contributed by atoms with Gasteiger partial charge in [-0.15, -0.1) is 0 Å². The number of hydrogen-bond acceptors (Lipinski definition) is 3. The van der Waals surface area contributed by atoms with Crippen LogP contribution in [0.25, 0.3) is 10.9 Å². The number of anilines is 1. The molecule has 0 fully saturated rings. The van der Waals surface area contributed by atoms with Crippen LogP contribution in [-0.2, 0) is 0 Å². The van der Waals surface area contributed by atoms with Gasteiger partial charge in [-0.05, 0) is 36.4 Å². The molecule has 0 bridgehead atoms. The van der Waals surface area contributed by atoms with Crippen molar-refractivity contribution in [2.24, 2.45) is 0 Å². The number of methoxy groups -OCH3 is 1. The van der Waals surface area contributed by atoms with Gasteiger partial charge in [0, 0.05) is 24.2 Å². The molecule has 0 saturated heterocycles. The summed E-state index contributed by atoms with van der Waals surface area (Å²) in [4.78, 5) is 24.4. The molecule has 0 atom stereocenters. The molecule has 1 heterocycles. The number of halogens is 2. The minimum atomic E-state index is -0.490. The second-order valence-electron chi connectivity index (χ2n) is 5.40. The SMILES string of the molecule is COc1ccc(NC(=O)c2cn(C(C)=O)c3ccc(F)cc23)cc1Cl. The molecule has 0 radical (unpaired) electrons. The van der Waals surface area contributed by atoms with E-state index >= 15 is 0 Å². The molecule has 7 heteroatoms. The molecule has 128 valence electrons. The lowest BCUT2D eigenvalue weighted by Crippen LogP contribution is -2.12. The Morgan fingerprint density at radius 3 is 2.60 bits per heavy atom. The number of carbonyl (C=O) groups is 2. The number of benzene rings is 2. The van der Waals surface area contributed by atoms with Crippen LogP contribution in [0.15, 0.2) is 42.6 Å². The minimum Gasteiger partial charge on any atom is -0.495 e. The molecule has 1 aromatic heterocycles. The van der Waals surface area contributed by atoms with E-state index in [0.29, 0.717) is 27.4 Å². The van der Waals surface area contributed by atoms with Crippen LogP contribution >= 0.6 is 11.6 Å². The normalized spacial score (nSPS) is 10.7. The van der Waals surface area contributed by atoms with Crippen molar-refractivity contribution >= 4 is 40.0 Å². The number of fused-ring (bicyclic) bond motifs is 1. The highest BCUT2D eigenvalue weighted by molar-refractivity contribution is 6.32. The third kappa shape index (κ3) is 3.21. The summed E-state index contributed by atoms with van der Waals surface area (Å²) < 4.78 is 20.0. The van der Waals surface area contributed by atoms with Crippen LogP contribution in [0, 0.1) is 5.82 Å². The number of nitrogens with one attached hydrogen (secondary N) is 1. The summed E-state index contributed by atoms with van der Waals surface area (Å²) >= 11 is 6.05. The first-order valence-electron chi connectivity index (χ1n) is 7.37. The number of rotatable bonds is 3. The third-order valence-corrected chi connectivity index (χ3v) is 4.06. The van der Waals surface area contributed by atoms with Crippen molar-refractivity contribution in [1.29, 1.82) is 0 Å². The monoisotopic (exact) mass is 360 g/mol. The van der Waals surface area contributed by atoms with E-state index in [1.54, 1.807) is 18.2 Å². The molecular weight excluding hydrogens is 347 g/mol. The first kappa shape index (κ1) is 17.0. The van der Waals surface area contributed by atoms with E-state index in [-0.39, 0.29) is 11.5 Å². The maximum atomic E-state index is 13.6. The molecule has 0 aliphatic rings. The van der Waals surface area contributed by atoms with Crippen molar-refractivity contribution in [2.45, 2.75) is 6.92 Å². The zero-order valence-electron chi connectivity index (χ0n) is 13.5. The number of aromatic nitrogens is 1. The minimum absolute atomic E-state index is 0.191. The molecule has 0 aliphatic carbocycles. The van der Waals surface area contributed by atoms with E-state index in [1.807, 2.05) is 0 Å². The zero-order chi connectivity index (χ0) is 18.1. The molecule has 3 rings (SSSR count). The van der Waals surface area contributed by atoms with Gasteiger partial charge in [-0.1, -0.05) is 11.6 Å². The third-order valence-electron chi connectivity index (χ3n) is 3.76. The van der Waals surface area contributed by atoms with Crippen molar-refractivity contribution in [3.05, 3.63) is 59.0 Å². The number of nitrogens with zero attached hydrogens (tertiary/aromatic N) is 1. The Morgan fingerprint density at radius 2 is 1.96 bits per heavy atom. The standard InChI is InChI=1S/C18H14ClFN2O3/c1-10(23)22-9-14(13-7-11(20)3-5-16(13)22)18(24)21-12-4-6-17(25-2)15(19)8-12/h3-9H,1-2H3,(H,21,24). The fourth-order valence-corrected chi connectivity index (χ4v) is 2.84. The Bertz CT molecular complexity index is 997. The summed E-state index contributed by atoms with van der Waals surface area (Å²) in [7, 11) is 1.49. The quantitative estimate of drug-likeness (QED) is 0.755. The van der Waals surface area contributed by atoms with Gasteiger partial charge in [-0.2, -0.15) is 0 Å². The van der Waals surface area contributed by atoms with E-state index < -0.39 is 11.7 Å². The van der Waals surface area contributed by atoms with Gasteiger partial charge >= 0.3 is 0 Å². The van der Waals surface area contributed by atoms with Gasteiger partial charge in [0.25, 0.3) is 5.91 Å². The van der Waals surface area contributed by atoms with E-state index in [2.05, 4.69) is 5.32 Å². The summed E-state index contributed by atoms with van der Waals surface area (Å²) in [6.45, 7) is 1.37. The van der Waals surface area contributed by atoms with Crippen molar-refractivity contribution in [3.8, 4) is 5.75 Å². The molecular formula is C18H14ClFN2O3. The van der Waals surface area contributed by atoms with Gasteiger partial charge < -0.3 is 10.1 Å². The van der Waals surface area contributed by atoms with Crippen molar-refractivity contribution in [3.63, 3.8) is 0 Å². The number of hydrogen-bond donors (Lipinski definition) is 1. The number of amides is 1. The number of carbonyl (C=O) groups excluding carboxylic acids is 2. The van der Waals surface area contributed by atoms with Gasteiger partial charge in [-0.3, -0.25) is 14.2 Å². The Labute approximate surface area is 148 Å². The Balaban J connectivity index is 2.01. The fourth-order valence-electron chi connectivity index (χ4n) is 2.59. The molecule has 0 unspecified atom stereocenters. The topological polar surface area (TPSA) is 60.3 Å². The van der Waals surface area contributed by atoms with Crippen LogP contribution in [0.1, 0.15) is 22.1 Å². The van der Waals surface area contributed by atoms with Crippen LogP contribution in [0.5, 0.6) is 5.75 Å². The van der Waals surface area contributed by atoms with Crippen molar-refractivity contribution in [1.82, 2.24) is 4.57 Å². The zero-order valence-corrected chi connectivity index (χ0v) is 14.2. The molecule has 0 aliphatic heterocycles. The van der Waals surface area contributed by atoms with Crippen molar-refractivity contribution < 1.29 is 18.7 Å². The lowest BCUT2D eigenvalue weighted by Gasteiger charge is -2.07. The van der Waals surface area contributed by atoms with E-state index in [1.165, 1.54) is 43.0 Å². The fraction of sp³-hybridized carbons (Fsp3) is 0.111. The van der Waals surface area contributed by atoms with Crippen LogP contribution in [0.2, 0.25) is 5.02 Å². The van der Waals surface area contributed by atoms with Gasteiger partial charge in [0.2, 0.25) is 5.91 Å². The first-order chi connectivity index (χ1) is 11.9. The van der Waals surface area contributed by atoms with Crippen LogP contribution in [0.4, 0.5) is 10.1 Å². The average molecular weight is 361 g/mol. The lowest BCUT2D eigenvalue weighted by molar-refractivity contribution is 0.0941. The Hall–Kier alpha value is -2.86. The predicted molar refractivity (Wildman–Crippen MR) is 94.2 cm³/mol. The summed E-state index contributed by atoms with van der Waals surface area (Å²) in [6, 6.07) is 8.73. The summed E-state index contributed by atoms with van der Waals surface area (Å²) in [6.07, 6.45) is 1.40. The second-order valence-corrected chi connectivity index (χ2v) is 5.80. The molecule has 3 aromatic rings. The summed E-state index contributed by atoms with van der Waals surface area (Å²) in [5.74, 6) is -0.759. The van der Waals surface area contributed by atoms with Crippen LogP contribution in [0.3, 0.4) is 0 Å². The molecule has 25 heavy (non-hydrogen) atoms. The molecule has 0 saturated carbocycles. The number of ether oxygens (including phenoxy) is 1. The predicted octanol–water partition coefficient (Wildman–Crippen LogP) is 4.35. The van der Waals surface area contributed by atoms with E-state index in [4.69, 9.17) is 16.3 Å². The average Bonchev–Trinajstić information content (AvgIpc) is 2.94. The maximum Gasteiger partial charge on any atom is 0.257 e. The van der Waals surface area contributed by atoms with E-state index in [0.717, 1.165) is 0 Å². The highest BCUT2D eigenvalue weighted by Gasteiger charge is 2.18. The Kier molecular flexibility index (Phi) is 4.46. The molecule has 0 spiro atoms. The molecule has 2 aromatic carbocycles. The smallest absolute Gasteiger partial charge is 0.257 e. The van der Waals surface area contributed by atoms with Crippen LogP contribution < -0.4 is 10.1 Å². The highest BCUT2D eigenvalue weighted by Crippen LogP contribution is 2.28.